The van der Waals surface area contributed by atoms with E-state index in [1.807, 2.05) is 32.0 Å². The molecule has 0 spiro atoms. The van der Waals surface area contributed by atoms with Crippen molar-refractivity contribution in [1.82, 2.24) is 5.32 Å². The molecule has 7 heteroatoms. The summed E-state index contributed by atoms with van der Waals surface area (Å²) in [5.41, 5.74) is 3.13. The number of amides is 3. The third-order valence-electron chi connectivity index (χ3n) is 3.96. The molecule has 0 bridgehead atoms. The van der Waals surface area contributed by atoms with Gasteiger partial charge in [0, 0.05) is 24.0 Å². The van der Waals surface area contributed by atoms with Crippen LogP contribution >= 0.6 is 0 Å². The average molecular weight is 378 g/mol. The fourth-order valence-electron chi connectivity index (χ4n) is 2.36. The van der Waals surface area contributed by atoms with Crippen molar-refractivity contribution in [1.29, 1.82) is 5.26 Å². The highest BCUT2D eigenvalue weighted by atomic mass is 16.6. The van der Waals surface area contributed by atoms with E-state index in [1.54, 1.807) is 30.3 Å². The number of hydrogen-bond donors (Lipinski definition) is 2. The predicted octanol–water partition coefficient (Wildman–Crippen LogP) is 4.14. The molecule has 0 saturated carbocycles. The van der Waals surface area contributed by atoms with Crippen LogP contribution in [-0.4, -0.2) is 25.2 Å². The second-order valence-electron chi connectivity index (χ2n) is 6.03. The average Bonchev–Trinajstić information content (AvgIpc) is 2.67. The lowest BCUT2D eigenvalue weighted by molar-refractivity contribution is 0.208. The molecule has 0 unspecified atom stereocenters. The number of nitrogens with one attached hydrogen (secondary N) is 2. The minimum atomic E-state index is -0.682. The maximum absolute atomic E-state index is 12.6. The first-order valence-corrected chi connectivity index (χ1v) is 8.64. The largest absolute Gasteiger partial charge is 0.420 e. The standard InChI is InChI=1S/C21H22N4O3/c1-4-11-23-20(26)24-17-6-5-7-19(14-17)28-21(27)25(12-10-22)18-9-8-15(2)16(3)13-18/h4-9,13-14H,1,11-12H2,2-3H3,(H2,23,24,26). The van der Waals surface area contributed by atoms with Crippen LogP contribution in [0.1, 0.15) is 11.1 Å². The SMILES string of the molecule is C=CCNC(=O)Nc1cccc(OC(=O)N(CC#N)c2ccc(C)c(C)c2)c1. The molecule has 2 rings (SSSR count). The molecule has 144 valence electrons. The zero-order valence-electron chi connectivity index (χ0n) is 15.9. The Morgan fingerprint density at radius 2 is 2.00 bits per heavy atom. The van der Waals surface area contributed by atoms with Crippen molar-refractivity contribution >= 4 is 23.5 Å². The van der Waals surface area contributed by atoms with Gasteiger partial charge in [-0.1, -0.05) is 18.2 Å². The number of carbonyl (C=O) groups is 2. The molecule has 2 aromatic rings. The van der Waals surface area contributed by atoms with Crippen LogP contribution in [0.4, 0.5) is 21.0 Å². The molecule has 0 aliphatic rings. The van der Waals surface area contributed by atoms with Gasteiger partial charge < -0.3 is 15.4 Å². The Hall–Kier alpha value is -3.79. The van der Waals surface area contributed by atoms with Gasteiger partial charge in [0.05, 0.1) is 6.07 Å². The minimum absolute atomic E-state index is 0.150. The summed E-state index contributed by atoms with van der Waals surface area (Å²) in [5, 5.41) is 14.3. The summed E-state index contributed by atoms with van der Waals surface area (Å²) in [7, 11) is 0. The molecule has 7 nitrogen and oxygen atoms in total. The van der Waals surface area contributed by atoms with Crippen LogP contribution in [0.3, 0.4) is 0 Å². The molecule has 28 heavy (non-hydrogen) atoms. The molecule has 0 aromatic heterocycles. The van der Waals surface area contributed by atoms with Crippen molar-refractivity contribution in [3.05, 3.63) is 66.2 Å². The summed E-state index contributed by atoms with van der Waals surface area (Å²) in [6.07, 6.45) is 0.881. The number of anilines is 2. The van der Waals surface area contributed by atoms with Gasteiger partial charge >= 0.3 is 12.1 Å². The minimum Gasteiger partial charge on any atom is -0.410 e. The monoisotopic (exact) mass is 378 g/mol. The van der Waals surface area contributed by atoms with Crippen molar-refractivity contribution < 1.29 is 14.3 Å². The molecule has 0 fully saturated rings. The van der Waals surface area contributed by atoms with Gasteiger partial charge in [-0.15, -0.1) is 6.58 Å². The number of urea groups is 1. The molecule has 2 N–H and O–H groups in total. The third-order valence-corrected chi connectivity index (χ3v) is 3.96. The molecule has 0 aliphatic heterocycles. The Balaban J connectivity index is 2.14. The lowest BCUT2D eigenvalue weighted by Crippen LogP contribution is -2.34. The van der Waals surface area contributed by atoms with Gasteiger partial charge in [0.2, 0.25) is 0 Å². The summed E-state index contributed by atoms with van der Waals surface area (Å²) < 4.78 is 5.40. The van der Waals surface area contributed by atoms with Crippen molar-refractivity contribution in [2.75, 3.05) is 23.3 Å². The van der Waals surface area contributed by atoms with Crippen LogP contribution in [0, 0.1) is 25.2 Å². The summed E-state index contributed by atoms with van der Waals surface area (Å²) in [4.78, 5) is 25.6. The second kappa shape index (κ2) is 9.78. The third kappa shape index (κ3) is 5.61. The fourth-order valence-corrected chi connectivity index (χ4v) is 2.36. The first-order valence-electron chi connectivity index (χ1n) is 8.64. The maximum atomic E-state index is 12.6. The Bertz CT molecular complexity index is 918. The van der Waals surface area contributed by atoms with Crippen LogP contribution in [0.25, 0.3) is 0 Å². The smallest absolute Gasteiger partial charge is 0.410 e. The van der Waals surface area contributed by atoms with E-state index in [-0.39, 0.29) is 12.3 Å². The van der Waals surface area contributed by atoms with Gasteiger partial charge in [-0.05, 0) is 49.2 Å². The number of nitrogens with zero attached hydrogens (tertiary/aromatic N) is 2. The van der Waals surface area contributed by atoms with Crippen LogP contribution in [0.5, 0.6) is 5.75 Å². The first kappa shape index (κ1) is 20.5. The van der Waals surface area contributed by atoms with Gasteiger partial charge in [0.1, 0.15) is 12.3 Å². The van der Waals surface area contributed by atoms with E-state index in [4.69, 9.17) is 10.00 Å². The maximum Gasteiger partial charge on any atom is 0.420 e. The van der Waals surface area contributed by atoms with E-state index < -0.39 is 12.1 Å². The van der Waals surface area contributed by atoms with Crippen LogP contribution in [-0.2, 0) is 0 Å². The molecule has 2 aromatic carbocycles. The van der Waals surface area contributed by atoms with E-state index in [1.165, 1.54) is 11.0 Å². The zero-order chi connectivity index (χ0) is 20.5. The number of hydrogen-bond acceptors (Lipinski definition) is 4. The molecule has 0 heterocycles. The number of rotatable bonds is 6. The van der Waals surface area contributed by atoms with Gasteiger partial charge in [0.25, 0.3) is 0 Å². The van der Waals surface area contributed by atoms with Gasteiger partial charge in [0.15, 0.2) is 0 Å². The van der Waals surface area contributed by atoms with E-state index in [2.05, 4.69) is 17.2 Å². The van der Waals surface area contributed by atoms with Crippen molar-refractivity contribution in [3.8, 4) is 11.8 Å². The summed E-state index contributed by atoms with van der Waals surface area (Å²) in [6.45, 7) is 7.61. The topological polar surface area (TPSA) is 94.5 Å². The van der Waals surface area contributed by atoms with E-state index in [9.17, 15) is 9.59 Å². The van der Waals surface area contributed by atoms with Crippen LogP contribution < -0.4 is 20.3 Å². The quantitative estimate of drug-likeness (QED) is 0.583. The number of ether oxygens (including phenoxy) is 1. The number of aryl methyl sites for hydroxylation is 2. The van der Waals surface area contributed by atoms with Crippen LogP contribution in [0.2, 0.25) is 0 Å². The Morgan fingerprint density at radius 3 is 2.68 bits per heavy atom. The van der Waals surface area contributed by atoms with Crippen molar-refractivity contribution in [3.63, 3.8) is 0 Å². The Labute approximate surface area is 164 Å². The summed E-state index contributed by atoms with van der Waals surface area (Å²) in [5.74, 6) is 0.248. The zero-order valence-corrected chi connectivity index (χ0v) is 15.9. The molecule has 3 amide bonds. The Morgan fingerprint density at radius 1 is 1.21 bits per heavy atom. The molecule has 0 aliphatic carbocycles. The molecule has 0 radical (unpaired) electrons. The number of benzene rings is 2. The molecule has 0 atom stereocenters. The van der Waals surface area contributed by atoms with E-state index in [0.717, 1.165) is 11.1 Å². The van der Waals surface area contributed by atoms with Gasteiger partial charge in [-0.25, -0.2) is 9.59 Å². The van der Waals surface area contributed by atoms with E-state index in [0.29, 0.717) is 17.9 Å². The normalized spacial score (nSPS) is 9.75. The molecular formula is C21H22N4O3. The molecular weight excluding hydrogens is 356 g/mol. The van der Waals surface area contributed by atoms with Gasteiger partial charge in [-0.3, -0.25) is 4.90 Å². The second-order valence-corrected chi connectivity index (χ2v) is 6.03. The Kier molecular flexibility index (Phi) is 7.17. The van der Waals surface area contributed by atoms with E-state index >= 15 is 0 Å². The lowest BCUT2D eigenvalue weighted by Gasteiger charge is -2.20. The first-order chi connectivity index (χ1) is 13.4. The highest BCUT2D eigenvalue weighted by molar-refractivity contribution is 5.91. The predicted molar refractivity (Wildman–Crippen MR) is 109 cm³/mol. The highest BCUT2D eigenvalue weighted by Crippen LogP contribution is 2.22. The molecule has 0 saturated heterocycles. The summed E-state index contributed by atoms with van der Waals surface area (Å²) >= 11 is 0. The highest BCUT2D eigenvalue weighted by Gasteiger charge is 2.18. The number of nitriles is 1. The van der Waals surface area contributed by atoms with Gasteiger partial charge in [-0.2, -0.15) is 5.26 Å². The summed E-state index contributed by atoms with van der Waals surface area (Å²) in [6, 6.07) is 13.5. The van der Waals surface area contributed by atoms with Crippen molar-refractivity contribution in [2.45, 2.75) is 13.8 Å². The number of carbonyl (C=O) groups excluding carboxylic acids is 2. The van der Waals surface area contributed by atoms with Crippen molar-refractivity contribution in [2.24, 2.45) is 0 Å². The fraction of sp³-hybridized carbons (Fsp3) is 0.190. The lowest BCUT2D eigenvalue weighted by atomic mass is 10.1. The van der Waals surface area contributed by atoms with Crippen LogP contribution in [0.15, 0.2) is 55.1 Å².